The Balaban J connectivity index is 2.38. The molecule has 0 fully saturated rings. The van der Waals surface area contributed by atoms with Gasteiger partial charge in [-0.1, -0.05) is 48.5 Å². The largest absolute Gasteiger partial charge is 0.478 e. The molecule has 2 rings (SSSR count). The molecule has 22 heavy (non-hydrogen) atoms. The van der Waals surface area contributed by atoms with Gasteiger partial charge in [0.1, 0.15) is 5.76 Å². The molecule has 1 N–H and O–H groups in total. The fourth-order valence-corrected chi connectivity index (χ4v) is 2.07. The number of carbonyl (C=O) groups excluding carboxylic acids is 1. The number of carboxylic acids is 1. The first kappa shape index (κ1) is 15.5. The number of ether oxygens (including phenoxy) is 1. The monoisotopic (exact) mass is 296 g/mol. The first-order valence-corrected chi connectivity index (χ1v) is 6.83. The average Bonchev–Trinajstić information content (AvgIpc) is 2.52. The Kier molecular flexibility index (Phi) is 5.09. The zero-order chi connectivity index (χ0) is 15.9. The Bertz CT molecular complexity index is 702. The van der Waals surface area contributed by atoms with E-state index >= 15 is 0 Å². The molecular weight excluding hydrogens is 280 g/mol. The molecule has 0 amide bonds. The summed E-state index contributed by atoms with van der Waals surface area (Å²) >= 11 is 0. The van der Waals surface area contributed by atoms with Crippen molar-refractivity contribution >= 4 is 17.7 Å². The molecule has 4 heteroatoms. The van der Waals surface area contributed by atoms with Crippen molar-refractivity contribution in [3.05, 3.63) is 77.4 Å². The third-order valence-electron chi connectivity index (χ3n) is 3.04. The molecule has 0 bridgehead atoms. The van der Waals surface area contributed by atoms with E-state index in [0.717, 1.165) is 5.56 Å². The summed E-state index contributed by atoms with van der Waals surface area (Å²) in [6.07, 6.45) is 2.26. The van der Waals surface area contributed by atoms with Gasteiger partial charge >= 0.3 is 11.9 Å². The van der Waals surface area contributed by atoms with Gasteiger partial charge in [0.05, 0.1) is 5.56 Å². The summed E-state index contributed by atoms with van der Waals surface area (Å²) in [5.74, 6) is -1.29. The molecule has 0 atom stereocenters. The number of esters is 1. The minimum Gasteiger partial charge on any atom is -0.478 e. The number of carbonyl (C=O) groups is 2. The fraction of sp³-hybridized carbons (Fsp3) is 0.111. The summed E-state index contributed by atoms with van der Waals surface area (Å²) < 4.78 is 5.21. The van der Waals surface area contributed by atoms with Gasteiger partial charge in [0.25, 0.3) is 0 Å². The number of allylic oxidation sites excluding steroid dienone is 1. The van der Waals surface area contributed by atoms with Crippen LogP contribution in [0.25, 0.3) is 5.76 Å². The van der Waals surface area contributed by atoms with Gasteiger partial charge in [-0.3, -0.25) is 4.79 Å². The van der Waals surface area contributed by atoms with Crippen molar-refractivity contribution in [3.63, 3.8) is 0 Å². The van der Waals surface area contributed by atoms with Crippen LogP contribution < -0.4 is 0 Å². The number of rotatable bonds is 5. The number of hydrogen-bond donors (Lipinski definition) is 1. The summed E-state index contributed by atoms with van der Waals surface area (Å²) in [5, 5.41) is 9.27. The molecule has 0 aliphatic heterocycles. The Morgan fingerprint density at radius 3 is 2.18 bits per heavy atom. The Morgan fingerprint density at radius 1 is 1.00 bits per heavy atom. The van der Waals surface area contributed by atoms with Gasteiger partial charge in [-0.25, -0.2) is 4.79 Å². The third kappa shape index (κ3) is 4.06. The van der Waals surface area contributed by atoms with Gasteiger partial charge < -0.3 is 9.84 Å². The van der Waals surface area contributed by atoms with E-state index in [-0.39, 0.29) is 11.3 Å². The maximum absolute atomic E-state index is 11.3. The molecule has 0 unspecified atom stereocenters. The number of hydrogen-bond acceptors (Lipinski definition) is 3. The molecular formula is C18H16O4. The number of carboxylic acid groups (broad SMARTS) is 1. The van der Waals surface area contributed by atoms with Crippen molar-refractivity contribution in [2.75, 3.05) is 0 Å². The highest BCUT2D eigenvalue weighted by molar-refractivity contribution is 5.94. The molecule has 0 heterocycles. The first-order chi connectivity index (χ1) is 10.6. The molecule has 2 aromatic carbocycles. The molecule has 0 radical (unpaired) electrons. The average molecular weight is 296 g/mol. The van der Waals surface area contributed by atoms with Gasteiger partial charge in [0, 0.05) is 12.5 Å². The van der Waals surface area contributed by atoms with Gasteiger partial charge in [0.2, 0.25) is 0 Å². The van der Waals surface area contributed by atoms with Crippen LogP contribution in [0.3, 0.4) is 0 Å². The minimum atomic E-state index is -1.06. The Hall–Kier alpha value is -2.88. The smallest absolute Gasteiger partial charge is 0.336 e. The number of benzene rings is 2. The van der Waals surface area contributed by atoms with Crippen LogP contribution >= 0.6 is 0 Å². The van der Waals surface area contributed by atoms with Crippen molar-refractivity contribution in [3.8, 4) is 0 Å². The lowest BCUT2D eigenvalue weighted by Crippen LogP contribution is -2.06. The van der Waals surface area contributed by atoms with E-state index in [1.807, 2.05) is 30.3 Å². The summed E-state index contributed by atoms with van der Waals surface area (Å²) in [7, 11) is 0. The molecule has 112 valence electrons. The molecule has 0 saturated carbocycles. The lowest BCUT2D eigenvalue weighted by molar-refractivity contribution is -0.134. The molecule has 2 aromatic rings. The molecule has 0 spiro atoms. The van der Waals surface area contributed by atoms with Gasteiger partial charge in [-0.15, -0.1) is 0 Å². The molecule has 0 aliphatic carbocycles. The van der Waals surface area contributed by atoms with Gasteiger partial charge in [0.15, 0.2) is 0 Å². The highest BCUT2D eigenvalue weighted by atomic mass is 16.5. The topological polar surface area (TPSA) is 63.6 Å². The van der Waals surface area contributed by atoms with Crippen molar-refractivity contribution in [2.45, 2.75) is 13.3 Å². The first-order valence-electron chi connectivity index (χ1n) is 6.83. The number of aromatic carboxylic acids is 1. The van der Waals surface area contributed by atoms with Crippen molar-refractivity contribution < 1.29 is 19.4 Å². The van der Waals surface area contributed by atoms with Crippen LogP contribution in [0, 0.1) is 0 Å². The molecule has 0 aliphatic rings. The second kappa shape index (κ2) is 7.22. The van der Waals surface area contributed by atoms with E-state index in [0.29, 0.717) is 12.0 Å². The summed E-state index contributed by atoms with van der Waals surface area (Å²) in [6.45, 7) is 1.29. The van der Waals surface area contributed by atoms with E-state index in [9.17, 15) is 14.7 Å². The predicted molar refractivity (Wildman–Crippen MR) is 83.3 cm³/mol. The van der Waals surface area contributed by atoms with Crippen molar-refractivity contribution in [1.29, 1.82) is 0 Å². The van der Waals surface area contributed by atoms with Crippen LogP contribution in [0.1, 0.15) is 28.4 Å². The van der Waals surface area contributed by atoms with E-state index in [4.69, 9.17) is 4.74 Å². The van der Waals surface area contributed by atoms with E-state index in [1.165, 1.54) is 13.0 Å². The summed E-state index contributed by atoms with van der Waals surface area (Å²) in [5.41, 5.74) is 1.53. The minimum absolute atomic E-state index is 0.100. The predicted octanol–water partition coefficient (Wildman–Crippen LogP) is 3.53. The Labute approximate surface area is 128 Å². The van der Waals surface area contributed by atoms with Crippen LogP contribution in [-0.4, -0.2) is 17.0 Å². The normalized spacial score (nSPS) is 11.0. The second-order valence-corrected chi connectivity index (χ2v) is 4.70. The van der Waals surface area contributed by atoms with Crippen LogP contribution in [0.5, 0.6) is 0 Å². The quantitative estimate of drug-likeness (QED) is 0.677. The van der Waals surface area contributed by atoms with E-state index in [2.05, 4.69) is 0 Å². The van der Waals surface area contributed by atoms with Gasteiger partial charge in [-0.05, 0) is 24.1 Å². The third-order valence-corrected chi connectivity index (χ3v) is 3.04. The standard InChI is InChI=1S/C18H16O4/c1-13(19)22-17(12-11-14-7-3-2-4-8-14)15-9-5-6-10-16(15)18(20)21/h2-10,12H,11H2,1H3,(H,20,21). The maximum Gasteiger partial charge on any atom is 0.336 e. The highest BCUT2D eigenvalue weighted by Gasteiger charge is 2.15. The Morgan fingerprint density at radius 2 is 1.59 bits per heavy atom. The van der Waals surface area contributed by atoms with Gasteiger partial charge in [-0.2, -0.15) is 0 Å². The van der Waals surface area contributed by atoms with Crippen LogP contribution in [0.4, 0.5) is 0 Å². The van der Waals surface area contributed by atoms with Crippen molar-refractivity contribution in [1.82, 2.24) is 0 Å². The zero-order valence-corrected chi connectivity index (χ0v) is 12.2. The lowest BCUT2D eigenvalue weighted by Gasteiger charge is -2.10. The second-order valence-electron chi connectivity index (χ2n) is 4.70. The fourth-order valence-electron chi connectivity index (χ4n) is 2.07. The van der Waals surface area contributed by atoms with Crippen LogP contribution in [-0.2, 0) is 16.0 Å². The SMILES string of the molecule is CC(=O)OC(=CCc1ccccc1)c1ccccc1C(=O)O. The zero-order valence-electron chi connectivity index (χ0n) is 12.2. The molecule has 4 nitrogen and oxygen atoms in total. The maximum atomic E-state index is 11.3. The summed E-state index contributed by atoms with van der Waals surface area (Å²) in [6, 6.07) is 16.1. The van der Waals surface area contributed by atoms with Crippen LogP contribution in [0.2, 0.25) is 0 Å². The van der Waals surface area contributed by atoms with E-state index < -0.39 is 11.9 Å². The van der Waals surface area contributed by atoms with E-state index in [1.54, 1.807) is 24.3 Å². The highest BCUT2D eigenvalue weighted by Crippen LogP contribution is 2.22. The van der Waals surface area contributed by atoms with Crippen molar-refractivity contribution in [2.24, 2.45) is 0 Å². The summed E-state index contributed by atoms with van der Waals surface area (Å²) in [4.78, 5) is 22.6. The van der Waals surface area contributed by atoms with Crippen LogP contribution in [0.15, 0.2) is 60.7 Å². The molecule has 0 aromatic heterocycles. The lowest BCUT2D eigenvalue weighted by atomic mass is 10.0. The molecule has 0 saturated heterocycles.